The summed E-state index contributed by atoms with van der Waals surface area (Å²) in [7, 11) is 0. The molecule has 0 unspecified atom stereocenters. The molecule has 0 spiro atoms. The van der Waals surface area contributed by atoms with Gasteiger partial charge in [-0.05, 0) is 49.4 Å². The zero-order chi connectivity index (χ0) is 13.5. The van der Waals surface area contributed by atoms with E-state index in [9.17, 15) is 0 Å². The Labute approximate surface area is 117 Å². The molecule has 102 valence electrons. The van der Waals surface area contributed by atoms with Crippen LogP contribution in [0.1, 0.15) is 37.3 Å². The lowest BCUT2D eigenvalue weighted by Crippen LogP contribution is -2.26. The molecule has 0 saturated heterocycles. The first-order valence-electron chi connectivity index (χ1n) is 7.32. The second-order valence-electron chi connectivity index (χ2n) is 5.38. The van der Waals surface area contributed by atoms with E-state index in [1.807, 2.05) is 0 Å². The third kappa shape index (κ3) is 5.06. The van der Waals surface area contributed by atoms with Crippen LogP contribution in [0.5, 0.6) is 0 Å². The number of hydrogen-bond acceptors (Lipinski definition) is 2. The number of benzene rings is 1. The predicted molar refractivity (Wildman–Crippen MR) is 80.7 cm³/mol. The van der Waals surface area contributed by atoms with Gasteiger partial charge in [0, 0.05) is 18.7 Å². The molecule has 0 radical (unpaired) electrons. The smallest absolute Gasteiger partial charge is 0.0555 e. The average Bonchev–Trinajstić information content (AvgIpc) is 3.21. The van der Waals surface area contributed by atoms with E-state index in [-0.39, 0.29) is 0 Å². The number of nitrogens with zero attached hydrogens (tertiary/aromatic N) is 1. The van der Waals surface area contributed by atoms with Crippen molar-refractivity contribution in [3.8, 4) is 11.8 Å². The molecule has 1 aromatic carbocycles. The molecule has 1 aromatic rings. The van der Waals surface area contributed by atoms with E-state index >= 15 is 0 Å². The van der Waals surface area contributed by atoms with Gasteiger partial charge < -0.3 is 5.73 Å². The van der Waals surface area contributed by atoms with Gasteiger partial charge in [0.2, 0.25) is 0 Å². The molecule has 0 aromatic heterocycles. The molecule has 2 heteroatoms. The summed E-state index contributed by atoms with van der Waals surface area (Å²) in [6.07, 6.45) is 4.06. The van der Waals surface area contributed by atoms with Crippen LogP contribution in [-0.2, 0) is 6.54 Å². The number of hydrogen-bond donors (Lipinski definition) is 1. The van der Waals surface area contributed by atoms with Gasteiger partial charge in [-0.1, -0.05) is 30.9 Å². The quantitative estimate of drug-likeness (QED) is 0.793. The Hall–Kier alpha value is -1.30. The lowest BCUT2D eigenvalue weighted by Gasteiger charge is -2.21. The molecule has 0 bridgehead atoms. The first-order chi connectivity index (χ1) is 9.31. The van der Waals surface area contributed by atoms with Gasteiger partial charge in [-0.2, -0.15) is 0 Å². The van der Waals surface area contributed by atoms with Crippen molar-refractivity contribution in [3.63, 3.8) is 0 Å². The third-order valence-electron chi connectivity index (χ3n) is 3.42. The molecule has 1 fully saturated rings. The average molecular weight is 256 g/mol. The molecule has 19 heavy (non-hydrogen) atoms. The molecular formula is C17H24N2. The summed E-state index contributed by atoms with van der Waals surface area (Å²) >= 11 is 0. The number of rotatable bonds is 6. The van der Waals surface area contributed by atoms with Crippen LogP contribution in [0.3, 0.4) is 0 Å². The fourth-order valence-corrected chi connectivity index (χ4v) is 2.38. The SMILES string of the molecule is CCCN(Cc1cccc(C#CCN)c1)CC1CC1. The van der Waals surface area contributed by atoms with Gasteiger partial charge in [-0.3, -0.25) is 4.90 Å². The molecule has 2 N–H and O–H groups in total. The largest absolute Gasteiger partial charge is 0.320 e. The zero-order valence-corrected chi connectivity index (χ0v) is 11.9. The van der Waals surface area contributed by atoms with Gasteiger partial charge in [-0.25, -0.2) is 0 Å². The van der Waals surface area contributed by atoms with E-state index in [0.29, 0.717) is 6.54 Å². The maximum absolute atomic E-state index is 5.41. The summed E-state index contributed by atoms with van der Waals surface area (Å²) in [5.41, 5.74) is 7.85. The molecule has 0 heterocycles. The van der Waals surface area contributed by atoms with Crippen LogP contribution in [0, 0.1) is 17.8 Å². The van der Waals surface area contributed by atoms with Crippen molar-refractivity contribution in [2.75, 3.05) is 19.6 Å². The van der Waals surface area contributed by atoms with Crippen molar-refractivity contribution in [2.24, 2.45) is 11.7 Å². The second kappa shape index (κ2) is 7.33. The van der Waals surface area contributed by atoms with Crippen LogP contribution in [0.15, 0.2) is 24.3 Å². The summed E-state index contributed by atoms with van der Waals surface area (Å²) < 4.78 is 0. The Morgan fingerprint density at radius 3 is 2.89 bits per heavy atom. The highest BCUT2D eigenvalue weighted by Gasteiger charge is 2.23. The standard InChI is InChI=1S/C17H24N2/c1-2-11-19(13-16-8-9-16)14-17-6-3-5-15(12-17)7-4-10-18/h3,5-6,12,16H,2,8-11,13-14,18H2,1H3. The van der Waals surface area contributed by atoms with Gasteiger partial charge in [0.05, 0.1) is 6.54 Å². The predicted octanol–water partition coefficient (Wildman–Crippen LogP) is 2.62. The Morgan fingerprint density at radius 1 is 1.37 bits per heavy atom. The molecule has 1 saturated carbocycles. The van der Waals surface area contributed by atoms with Crippen molar-refractivity contribution in [1.82, 2.24) is 4.90 Å². The molecule has 1 aliphatic rings. The minimum atomic E-state index is 0.424. The van der Waals surface area contributed by atoms with Crippen molar-refractivity contribution in [2.45, 2.75) is 32.7 Å². The maximum Gasteiger partial charge on any atom is 0.0555 e. The second-order valence-corrected chi connectivity index (χ2v) is 5.38. The third-order valence-corrected chi connectivity index (χ3v) is 3.42. The molecular weight excluding hydrogens is 232 g/mol. The van der Waals surface area contributed by atoms with Gasteiger partial charge in [0.25, 0.3) is 0 Å². The topological polar surface area (TPSA) is 29.3 Å². The van der Waals surface area contributed by atoms with Crippen molar-refractivity contribution < 1.29 is 0 Å². The van der Waals surface area contributed by atoms with Crippen LogP contribution in [0.25, 0.3) is 0 Å². The van der Waals surface area contributed by atoms with E-state index in [4.69, 9.17) is 5.73 Å². The molecule has 0 aliphatic heterocycles. The van der Waals surface area contributed by atoms with Gasteiger partial charge in [-0.15, -0.1) is 0 Å². The minimum absolute atomic E-state index is 0.424. The Kier molecular flexibility index (Phi) is 5.44. The maximum atomic E-state index is 5.41. The lowest BCUT2D eigenvalue weighted by molar-refractivity contribution is 0.255. The highest BCUT2D eigenvalue weighted by atomic mass is 15.1. The van der Waals surface area contributed by atoms with Crippen LogP contribution in [0.2, 0.25) is 0 Å². The van der Waals surface area contributed by atoms with E-state index < -0.39 is 0 Å². The summed E-state index contributed by atoms with van der Waals surface area (Å²) in [5.74, 6) is 6.98. The Balaban J connectivity index is 1.98. The van der Waals surface area contributed by atoms with Crippen molar-refractivity contribution >= 4 is 0 Å². The fourth-order valence-electron chi connectivity index (χ4n) is 2.38. The molecule has 1 aliphatic carbocycles. The minimum Gasteiger partial charge on any atom is -0.320 e. The van der Waals surface area contributed by atoms with E-state index in [1.165, 1.54) is 37.9 Å². The Morgan fingerprint density at radius 2 is 2.21 bits per heavy atom. The van der Waals surface area contributed by atoms with Crippen LogP contribution in [0.4, 0.5) is 0 Å². The monoisotopic (exact) mass is 256 g/mol. The first kappa shape index (κ1) is 14.1. The zero-order valence-electron chi connectivity index (χ0n) is 11.9. The van der Waals surface area contributed by atoms with Gasteiger partial charge in [0.15, 0.2) is 0 Å². The summed E-state index contributed by atoms with van der Waals surface area (Å²) in [6, 6.07) is 8.54. The van der Waals surface area contributed by atoms with Gasteiger partial charge >= 0.3 is 0 Å². The van der Waals surface area contributed by atoms with Crippen LogP contribution < -0.4 is 5.73 Å². The van der Waals surface area contributed by atoms with E-state index in [1.54, 1.807) is 0 Å². The van der Waals surface area contributed by atoms with Crippen LogP contribution >= 0.6 is 0 Å². The summed E-state index contributed by atoms with van der Waals surface area (Å²) in [4.78, 5) is 2.58. The highest BCUT2D eigenvalue weighted by Crippen LogP contribution is 2.30. The normalized spacial score (nSPS) is 14.3. The number of nitrogens with two attached hydrogens (primary N) is 1. The molecule has 2 nitrogen and oxygen atoms in total. The fraction of sp³-hybridized carbons (Fsp3) is 0.529. The molecule has 0 amide bonds. The summed E-state index contributed by atoms with van der Waals surface area (Å²) in [5, 5.41) is 0. The van der Waals surface area contributed by atoms with Crippen molar-refractivity contribution in [3.05, 3.63) is 35.4 Å². The highest BCUT2D eigenvalue weighted by molar-refractivity contribution is 5.37. The summed E-state index contributed by atoms with van der Waals surface area (Å²) in [6.45, 7) is 6.17. The lowest BCUT2D eigenvalue weighted by atomic mass is 10.1. The van der Waals surface area contributed by atoms with Crippen LogP contribution in [-0.4, -0.2) is 24.5 Å². The Bertz CT molecular complexity index is 452. The first-order valence-corrected chi connectivity index (χ1v) is 7.32. The van der Waals surface area contributed by atoms with Gasteiger partial charge in [0.1, 0.15) is 0 Å². The van der Waals surface area contributed by atoms with Crippen molar-refractivity contribution in [1.29, 1.82) is 0 Å². The van der Waals surface area contributed by atoms with E-state index in [0.717, 1.165) is 18.0 Å². The van der Waals surface area contributed by atoms with E-state index in [2.05, 4.69) is 47.9 Å². The molecule has 2 rings (SSSR count). The molecule has 0 atom stereocenters.